The topological polar surface area (TPSA) is 70.9 Å². The van der Waals surface area contributed by atoms with Crippen molar-refractivity contribution in [2.24, 2.45) is 5.10 Å². The zero-order chi connectivity index (χ0) is 12.0. The van der Waals surface area contributed by atoms with Gasteiger partial charge in [-0.2, -0.15) is 5.10 Å². The monoisotopic (exact) mass is 242 g/mol. The van der Waals surface area contributed by atoms with E-state index in [1.165, 1.54) is 19.4 Å². The van der Waals surface area contributed by atoms with Crippen molar-refractivity contribution in [3.63, 3.8) is 0 Å². The van der Waals surface area contributed by atoms with Gasteiger partial charge in [0.25, 0.3) is 5.91 Å². The number of hydrogen-bond acceptors (Lipinski definition) is 4. The molecule has 0 aliphatic carbocycles. The smallest absolute Gasteiger partial charge is 0.254 e. The van der Waals surface area contributed by atoms with Gasteiger partial charge in [-0.3, -0.25) is 4.79 Å². The first kappa shape index (κ1) is 12.3. The van der Waals surface area contributed by atoms with Crippen LogP contribution in [0.2, 0.25) is 0 Å². The summed E-state index contributed by atoms with van der Waals surface area (Å²) in [5.41, 5.74) is 2.91. The Morgan fingerprint density at radius 1 is 1.69 bits per heavy atom. The number of phenols is 1. The Balaban J connectivity index is 2.70. The third-order valence-corrected chi connectivity index (χ3v) is 1.97. The maximum Gasteiger partial charge on any atom is 0.254 e. The van der Waals surface area contributed by atoms with Crippen LogP contribution in [0.4, 0.5) is 0 Å². The number of phenolic OH excluding ortho intramolecular Hbond substituents is 1. The second kappa shape index (κ2) is 5.97. The Kier molecular flexibility index (Phi) is 4.60. The van der Waals surface area contributed by atoms with Crippen LogP contribution in [0.5, 0.6) is 11.5 Å². The van der Waals surface area contributed by atoms with E-state index in [4.69, 9.17) is 16.3 Å². The van der Waals surface area contributed by atoms with Gasteiger partial charge in [0, 0.05) is 0 Å². The summed E-state index contributed by atoms with van der Waals surface area (Å²) in [7, 11) is 1.45. The number of rotatable bonds is 4. The van der Waals surface area contributed by atoms with Crippen molar-refractivity contribution in [2.45, 2.75) is 0 Å². The van der Waals surface area contributed by atoms with Crippen LogP contribution in [-0.2, 0) is 4.79 Å². The van der Waals surface area contributed by atoms with Gasteiger partial charge in [-0.1, -0.05) is 0 Å². The molecule has 5 nitrogen and oxygen atoms in total. The van der Waals surface area contributed by atoms with Crippen LogP contribution in [-0.4, -0.2) is 30.2 Å². The molecule has 1 rings (SSSR count). The summed E-state index contributed by atoms with van der Waals surface area (Å²) in [6.07, 6.45) is 1.42. The van der Waals surface area contributed by atoms with E-state index in [2.05, 4.69) is 10.5 Å². The molecule has 0 saturated carbocycles. The van der Waals surface area contributed by atoms with Crippen LogP contribution in [0.3, 0.4) is 0 Å². The van der Waals surface area contributed by atoms with Crippen LogP contribution in [0.15, 0.2) is 23.3 Å². The lowest BCUT2D eigenvalue weighted by molar-refractivity contribution is -0.118. The first-order chi connectivity index (χ1) is 7.67. The van der Waals surface area contributed by atoms with E-state index < -0.39 is 0 Å². The fraction of sp³-hybridized carbons (Fsp3) is 0.200. The molecular weight excluding hydrogens is 232 g/mol. The zero-order valence-corrected chi connectivity index (χ0v) is 9.36. The number of carbonyl (C=O) groups is 1. The van der Waals surface area contributed by atoms with Crippen molar-refractivity contribution < 1.29 is 14.6 Å². The normalized spacial score (nSPS) is 10.4. The number of hydrazone groups is 1. The predicted octanol–water partition coefficient (Wildman–Crippen LogP) is 1.09. The Morgan fingerprint density at radius 3 is 3.06 bits per heavy atom. The summed E-state index contributed by atoms with van der Waals surface area (Å²) in [6.45, 7) is 0. The molecule has 0 bridgehead atoms. The molecule has 0 atom stereocenters. The summed E-state index contributed by atoms with van der Waals surface area (Å²) >= 11 is 5.26. The van der Waals surface area contributed by atoms with Crippen molar-refractivity contribution in [2.75, 3.05) is 13.0 Å². The van der Waals surface area contributed by atoms with E-state index in [1.54, 1.807) is 12.1 Å². The lowest BCUT2D eigenvalue weighted by Gasteiger charge is -2.03. The number of hydrogen-bond donors (Lipinski definition) is 2. The van der Waals surface area contributed by atoms with Crippen molar-refractivity contribution in [1.82, 2.24) is 5.43 Å². The number of benzene rings is 1. The molecule has 0 spiro atoms. The van der Waals surface area contributed by atoms with E-state index >= 15 is 0 Å². The summed E-state index contributed by atoms with van der Waals surface area (Å²) in [5.74, 6) is -0.142. The van der Waals surface area contributed by atoms with Gasteiger partial charge in [-0.15, -0.1) is 11.6 Å². The molecule has 0 aliphatic heterocycles. The van der Waals surface area contributed by atoms with Gasteiger partial charge in [0.1, 0.15) is 5.88 Å². The highest BCUT2D eigenvalue weighted by molar-refractivity contribution is 6.27. The molecule has 0 unspecified atom stereocenters. The first-order valence-corrected chi connectivity index (χ1v) is 4.95. The highest BCUT2D eigenvalue weighted by Gasteiger charge is 2.00. The molecule has 1 aromatic carbocycles. The average molecular weight is 243 g/mol. The van der Waals surface area contributed by atoms with Crippen molar-refractivity contribution in [3.05, 3.63) is 23.8 Å². The average Bonchev–Trinajstić information content (AvgIpc) is 2.31. The SMILES string of the molecule is COc1cc(/C=N/NC(=O)CCl)ccc1O. The minimum Gasteiger partial charge on any atom is -0.504 e. The molecule has 1 amide bonds. The highest BCUT2D eigenvalue weighted by atomic mass is 35.5. The second-order valence-corrected chi connectivity index (χ2v) is 3.13. The standard InChI is InChI=1S/C10H11ClN2O3/c1-16-9-4-7(2-3-8(9)14)6-12-13-10(15)5-11/h2-4,6,14H,5H2,1H3,(H,13,15)/b12-6+. The van der Waals surface area contributed by atoms with Crippen molar-refractivity contribution in [3.8, 4) is 11.5 Å². The predicted molar refractivity (Wildman–Crippen MR) is 61.1 cm³/mol. The molecule has 86 valence electrons. The first-order valence-electron chi connectivity index (χ1n) is 4.42. The van der Waals surface area contributed by atoms with Crippen LogP contribution in [0.1, 0.15) is 5.56 Å². The van der Waals surface area contributed by atoms with Gasteiger partial charge in [0.15, 0.2) is 11.5 Å². The van der Waals surface area contributed by atoms with Gasteiger partial charge in [0.2, 0.25) is 0 Å². The molecule has 0 aliphatic rings. The number of amides is 1. The number of ether oxygens (including phenoxy) is 1. The minimum atomic E-state index is -0.385. The molecule has 0 aromatic heterocycles. The van der Waals surface area contributed by atoms with Gasteiger partial charge in [0.05, 0.1) is 13.3 Å². The van der Waals surface area contributed by atoms with Gasteiger partial charge in [-0.25, -0.2) is 5.43 Å². The minimum absolute atomic E-state index is 0.0458. The van der Waals surface area contributed by atoms with Crippen LogP contribution < -0.4 is 10.2 Å². The Morgan fingerprint density at radius 2 is 2.44 bits per heavy atom. The Bertz CT molecular complexity index is 407. The number of methoxy groups -OCH3 is 1. The number of nitrogens with zero attached hydrogens (tertiary/aromatic N) is 1. The third-order valence-electron chi connectivity index (χ3n) is 1.73. The van der Waals surface area contributed by atoms with Gasteiger partial charge >= 0.3 is 0 Å². The number of halogens is 1. The number of nitrogens with one attached hydrogen (secondary N) is 1. The molecule has 2 N–H and O–H groups in total. The molecular formula is C10H11ClN2O3. The Hall–Kier alpha value is -1.75. The molecule has 0 saturated heterocycles. The largest absolute Gasteiger partial charge is 0.504 e. The molecule has 6 heteroatoms. The van der Waals surface area contributed by atoms with Crippen molar-refractivity contribution in [1.29, 1.82) is 0 Å². The summed E-state index contributed by atoms with van der Waals surface area (Å²) in [6, 6.07) is 4.70. The van der Waals surface area contributed by atoms with E-state index in [1.807, 2.05) is 0 Å². The number of aromatic hydroxyl groups is 1. The van der Waals surface area contributed by atoms with Crippen LogP contribution >= 0.6 is 11.6 Å². The highest BCUT2D eigenvalue weighted by Crippen LogP contribution is 2.25. The fourth-order valence-electron chi connectivity index (χ4n) is 0.983. The fourth-order valence-corrected chi connectivity index (χ4v) is 1.04. The van der Waals surface area contributed by atoms with Gasteiger partial charge in [-0.05, 0) is 23.8 Å². The zero-order valence-electron chi connectivity index (χ0n) is 8.61. The van der Waals surface area contributed by atoms with E-state index in [0.29, 0.717) is 11.3 Å². The Labute approximate surface area is 97.7 Å². The van der Waals surface area contributed by atoms with E-state index in [9.17, 15) is 9.90 Å². The second-order valence-electron chi connectivity index (χ2n) is 2.86. The van der Waals surface area contributed by atoms with Crippen LogP contribution in [0, 0.1) is 0 Å². The molecule has 0 radical (unpaired) electrons. The molecule has 0 fully saturated rings. The summed E-state index contributed by atoms with van der Waals surface area (Å²) in [5, 5.41) is 13.0. The maximum absolute atomic E-state index is 10.8. The lowest BCUT2D eigenvalue weighted by atomic mass is 10.2. The number of alkyl halides is 1. The van der Waals surface area contributed by atoms with E-state index in [0.717, 1.165) is 0 Å². The van der Waals surface area contributed by atoms with Crippen LogP contribution in [0.25, 0.3) is 0 Å². The summed E-state index contributed by atoms with van der Waals surface area (Å²) < 4.78 is 4.91. The molecule has 0 heterocycles. The molecule has 1 aromatic rings. The number of carbonyl (C=O) groups excluding carboxylic acids is 1. The lowest BCUT2D eigenvalue weighted by Crippen LogP contribution is -2.18. The quantitative estimate of drug-likeness (QED) is 0.472. The van der Waals surface area contributed by atoms with Gasteiger partial charge < -0.3 is 9.84 Å². The van der Waals surface area contributed by atoms with Crippen molar-refractivity contribution >= 4 is 23.7 Å². The third kappa shape index (κ3) is 3.43. The summed E-state index contributed by atoms with van der Waals surface area (Å²) in [4.78, 5) is 10.8. The van der Waals surface area contributed by atoms with E-state index in [-0.39, 0.29) is 17.5 Å². The molecule has 16 heavy (non-hydrogen) atoms. The maximum atomic E-state index is 10.8.